The largest absolute Gasteiger partial charge is 0.383 e. The van der Waals surface area contributed by atoms with Crippen molar-refractivity contribution in [2.24, 2.45) is 0 Å². The molecule has 3 aromatic rings. The lowest BCUT2D eigenvalue weighted by Crippen LogP contribution is -2.29. The number of ether oxygens (including phenoxy) is 1. The number of methoxy groups -OCH3 is 1. The molecule has 130 valence electrons. The minimum absolute atomic E-state index is 0.269. The van der Waals surface area contributed by atoms with Gasteiger partial charge in [0.15, 0.2) is 0 Å². The molecule has 4 heteroatoms. The Hall–Kier alpha value is -1.94. The molecular formula is C21H23ClN2O. The first-order valence-corrected chi connectivity index (χ1v) is 8.83. The van der Waals surface area contributed by atoms with Gasteiger partial charge in [-0.2, -0.15) is 0 Å². The van der Waals surface area contributed by atoms with Crippen molar-refractivity contribution < 1.29 is 4.74 Å². The van der Waals surface area contributed by atoms with E-state index in [0.717, 1.165) is 39.3 Å². The maximum absolute atomic E-state index is 6.20. The van der Waals surface area contributed by atoms with Crippen LogP contribution in [0.1, 0.15) is 18.1 Å². The van der Waals surface area contributed by atoms with E-state index in [1.54, 1.807) is 7.11 Å². The number of hydrogen-bond acceptors (Lipinski definition) is 3. The molecule has 1 atom stereocenters. The molecule has 0 bridgehead atoms. The quantitative estimate of drug-likeness (QED) is 0.677. The summed E-state index contributed by atoms with van der Waals surface area (Å²) in [7, 11) is 1.72. The summed E-state index contributed by atoms with van der Waals surface area (Å²) in [4.78, 5) is 4.94. The van der Waals surface area contributed by atoms with Gasteiger partial charge in [0, 0.05) is 35.7 Å². The topological polar surface area (TPSA) is 34.1 Å². The minimum Gasteiger partial charge on any atom is -0.383 e. The summed E-state index contributed by atoms with van der Waals surface area (Å²) in [6.45, 7) is 5.60. The third-order valence-corrected chi connectivity index (χ3v) is 4.44. The van der Waals surface area contributed by atoms with E-state index in [9.17, 15) is 0 Å². The van der Waals surface area contributed by atoms with E-state index in [-0.39, 0.29) is 6.04 Å². The van der Waals surface area contributed by atoms with Crippen LogP contribution in [0.25, 0.3) is 22.2 Å². The van der Waals surface area contributed by atoms with Crippen LogP contribution in [0.5, 0.6) is 0 Å². The minimum atomic E-state index is 0.269. The first kappa shape index (κ1) is 17.9. The Morgan fingerprint density at radius 2 is 2.00 bits per heavy atom. The Morgan fingerprint density at radius 1 is 1.16 bits per heavy atom. The van der Waals surface area contributed by atoms with Crippen molar-refractivity contribution in [1.82, 2.24) is 10.3 Å². The maximum atomic E-state index is 6.20. The number of benzene rings is 2. The van der Waals surface area contributed by atoms with Crippen LogP contribution in [0.2, 0.25) is 5.02 Å². The zero-order chi connectivity index (χ0) is 17.8. The number of nitrogens with one attached hydrogen (secondary N) is 1. The van der Waals surface area contributed by atoms with Crippen LogP contribution in [0.3, 0.4) is 0 Å². The second kappa shape index (κ2) is 7.96. The molecule has 3 rings (SSSR count). The van der Waals surface area contributed by atoms with Gasteiger partial charge in [0.05, 0.1) is 17.8 Å². The van der Waals surface area contributed by atoms with Gasteiger partial charge < -0.3 is 10.1 Å². The number of hydrogen-bond donors (Lipinski definition) is 1. The van der Waals surface area contributed by atoms with Crippen LogP contribution in [-0.4, -0.2) is 24.7 Å². The number of fused-ring (bicyclic) bond motifs is 1. The number of nitrogens with zero attached hydrogens (tertiary/aromatic N) is 1. The predicted molar refractivity (Wildman–Crippen MR) is 105 cm³/mol. The van der Waals surface area contributed by atoms with Gasteiger partial charge in [-0.25, -0.2) is 4.98 Å². The highest BCUT2D eigenvalue weighted by Gasteiger charge is 2.11. The summed E-state index contributed by atoms with van der Waals surface area (Å²) >= 11 is 6.20. The molecule has 0 radical (unpaired) electrons. The summed E-state index contributed by atoms with van der Waals surface area (Å²) in [5, 5.41) is 5.37. The lowest BCUT2D eigenvalue weighted by molar-refractivity contribution is 0.171. The van der Waals surface area contributed by atoms with Gasteiger partial charge >= 0.3 is 0 Å². The molecule has 0 aliphatic carbocycles. The number of aromatic nitrogens is 1. The van der Waals surface area contributed by atoms with Gasteiger partial charge in [0.2, 0.25) is 0 Å². The average Bonchev–Trinajstić information content (AvgIpc) is 2.59. The van der Waals surface area contributed by atoms with Gasteiger partial charge in [-0.15, -0.1) is 0 Å². The van der Waals surface area contributed by atoms with E-state index >= 15 is 0 Å². The van der Waals surface area contributed by atoms with Crippen LogP contribution in [0.15, 0.2) is 48.5 Å². The van der Waals surface area contributed by atoms with E-state index < -0.39 is 0 Å². The fourth-order valence-electron chi connectivity index (χ4n) is 2.93. The molecule has 25 heavy (non-hydrogen) atoms. The molecule has 1 heterocycles. The molecule has 0 fully saturated rings. The molecule has 0 aliphatic heterocycles. The van der Waals surface area contributed by atoms with E-state index in [4.69, 9.17) is 21.3 Å². The maximum Gasteiger partial charge on any atom is 0.0755 e. The zero-order valence-corrected chi connectivity index (χ0v) is 15.6. The Morgan fingerprint density at radius 3 is 2.76 bits per heavy atom. The van der Waals surface area contributed by atoms with Crippen molar-refractivity contribution in [3.05, 3.63) is 64.7 Å². The Bertz CT molecular complexity index is 879. The summed E-state index contributed by atoms with van der Waals surface area (Å²) in [5.74, 6) is 0. The molecule has 1 N–H and O–H groups in total. The summed E-state index contributed by atoms with van der Waals surface area (Å²) in [6.07, 6.45) is 0. The lowest BCUT2D eigenvalue weighted by Gasteiger charge is -2.16. The highest BCUT2D eigenvalue weighted by Crippen LogP contribution is 2.28. The summed E-state index contributed by atoms with van der Waals surface area (Å²) in [6, 6.07) is 16.7. The van der Waals surface area contributed by atoms with Gasteiger partial charge in [0.1, 0.15) is 0 Å². The number of pyridine rings is 1. The highest BCUT2D eigenvalue weighted by atomic mass is 35.5. The number of aryl methyl sites for hydroxylation is 1. The second-order valence-corrected chi connectivity index (χ2v) is 6.88. The molecule has 0 saturated carbocycles. The Kier molecular flexibility index (Phi) is 5.69. The van der Waals surface area contributed by atoms with Crippen molar-refractivity contribution in [2.45, 2.75) is 26.4 Å². The van der Waals surface area contributed by atoms with Crippen molar-refractivity contribution in [3.63, 3.8) is 0 Å². The lowest BCUT2D eigenvalue weighted by atomic mass is 10.0. The summed E-state index contributed by atoms with van der Waals surface area (Å²) in [5.41, 5.74) is 5.37. The molecule has 0 unspecified atom stereocenters. The molecule has 0 aliphatic rings. The van der Waals surface area contributed by atoms with Gasteiger partial charge in [-0.3, -0.25) is 0 Å². The van der Waals surface area contributed by atoms with Crippen molar-refractivity contribution in [1.29, 1.82) is 0 Å². The third-order valence-electron chi connectivity index (χ3n) is 4.21. The van der Waals surface area contributed by atoms with Gasteiger partial charge in [0.25, 0.3) is 0 Å². The molecular weight excluding hydrogens is 332 g/mol. The van der Waals surface area contributed by atoms with Crippen molar-refractivity contribution in [3.8, 4) is 11.3 Å². The van der Waals surface area contributed by atoms with E-state index in [0.29, 0.717) is 6.61 Å². The third kappa shape index (κ3) is 4.37. The van der Waals surface area contributed by atoms with E-state index in [2.05, 4.69) is 49.5 Å². The first-order chi connectivity index (χ1) is 12.1. The second-order valence-electron chi connectivity index (χ2n) is 6.44. The Labute approximate surface area is 154 Å². The fraction of sp³-hybridized carbons (Fsp3) is 0.286. The predicted octanol–water partition coefficient (Wildman–Crippen LogP) is 4.99. The SMILES string of the molecule is COC[C@@H](C)NCc1cc2ccc(C)cc2nc1-c1cccc(Cl)c1. The van der Waals surface area contributed by atoms with Crippen LogP contribution >= 0.6 is 11.6 Å². The van der Waals surface area contributed by atoms with E-state index in [1.807, 2.05) is 18.2 Å². The standard InChI is InChI=1S/C21H23ClN2O/c1-14-7-8-16-10-18(12-23-15(2)13-25-3)21(24-20(16)9-14)17-5-4-6-19(22)11-17/h4-11,15,23H,12-13H2,1-3H3/t15-/m1/s1. The highest BCUT2D eigenvalue weighted by molar-refractivity contribution is 6.30. The first-order valence-electron chi connectivity index (χ1n) is 8.45. The van der Waals surface area contributed by atoms with Gasteiger partial charge in [-0.1, -0.05) is 35.9 Å². The number of rotatable bonds is 6. The monoisotopic (exact) mass is 354 g/mol. The molecule has 1 aromatic heterocycles. The van der Waals surface area contributed by atoms with Crippen molar-refractivity contribution in [2.75, 3.05) is 13.7 Å². The molecule has 2 aromatic carbocycles. The molecule has 0 spiro atoms. The van der Waals surface area contributed by atoms with Gasteiger partial charge in [-0.05, 0) is 49.2 Å². The van der Waals surface area contributed by atoms with Crippen LogP contribution < -0.4 is 5.32 Å². The summed E-state index contributed by atoms with van der Waals surface area (Å²) < 4.78 is 5.21. The van der Waals surface area contributed by atoms with Crippen LogP contribution in [0, 0.1) is 6.92 Å². The van der Waals surface area contributed by atoms with E-state index in [1.165, 1.54) is 5.56 Å². The molecule has 0 amide bonds. The smallest absolute Gasteiger partial charge is 0.0755 e. The van der Waals surface area contributed by atoms with Crippen LogP contribution in [0.4, 0.5) is 0 Å². The normalized spacial score (nSPS) is 12.5. The zero-order valence-electron chi connectivity index (χ0n) is 14.8. The fourth-order valence-corrected chi connectivity index (χ4v) is 3.12. The van der Waals surface area contributed by atoms with Crippen molar-refractivity contribution >= 4 is 22.5 Å². The average molecular weight is 355 g/mol. The van der Waals surface area contributed by atoms with Crippen LogP contribution in [-0.2, 0) is 11.3 Å². The Balaban J connectivity index is 2.05. The molecule has 3 nitrogen and oxygen atoms in total. The molecule has 0 saturated heterocycles. The number of halogens is 1.